The molecule has 0 spiro atoms. The minimum Gasteiger partial charge on any atom is -0.382 e. The van der Waals surface area contributed by atoms with Crippen molar-refractivity contribution in [2.24, 2.45) is 21.8 Å². The number of hydrogen-bond acceptors (Lipinski definition) is 5. The molecule has 6 nitrogen and oxygen atoms in total. The third-order valence-corrected chi connectivity index (χ3v) is 5.42. The van der Waals surface area contributed by atoms with E-state index in [1.54, 1.807) is 23.5 Å². The normalized spacial score (nSPS) is 12.7. The Kier molecular flexibility index (Phi) is 3.80. The molecule has 8 heteroatoms. The first kappa shape index (κ1) is 15.5. The van der Waals surface area contributed by atoms with Gasteiger partial charge in [0.25, 0.3) is 0 Å². The van der Waals surface area contributed by atoms with Crippen LogP contribution in [0.3, 0.4) is 0 Å². The summed E-state index contributed by atoms with van der Waals surface area (Å²) < 4.78 is 24.9. The van der Waals surface area contributed by atoms with Crippen molar-refractivity contribution in [3.05, 3.63) is 53.4 Å². The minimum atomic E-state index is -3.97. The number of benzene rings is 2. The van der Waals surface area contributed by atoms with E-state index in [-0.39, 0.29) is 16.3 Å². The van der Waals surface area contributed by atoms with Gasteiger partial charge in [-0.1, -0.05) is 30.3 Å². The fourth-order valence-electron chi connectivity index (χ4n) is 2.51. The molecule has 0 fully saturated rings. The molecule has 0 aliphatic carbocycles. The third-order valence-electron chi connectivity index (χ3n) is 3.50. The first-order valence-electron chi connectivity index (χ1n) is 6.59. The van der Waals surface area contributed by atoms with Crippen LogP contribution in [-0.2, 0) is 10.0 Å². The third kappa shape index (κ3) is 2.67. The van der Waals surface area contributed by atoms with Crippen LogP contribution in [0.5, 0.6) is 0 Å². The Bertz CT molecular complexity index is 1020. The molecule has 0 saturated heterocycles. The van der Waals surface area contributed by atoms with Crippen LogP contribution >= 0.6 is 11.3 Å². The minimum absolute atomic E-state index is 0.0834. The summed E-state index contributed by atoms with van der Waals surface area (Å²) in [5.41, 5.74) is 7.56. The molecule has 0 atom stereocenters. The van der Waals surface area contributed by atoms with E-state index < -0.39 is 10.0 Å². The zero-order valence-corrected chi connectivity index (χ0v) is 13.6. The Morgan fingerprint density at radius 3 is 2.48 bits per heavy atom. The largest absolute Gasteiger partial charge is 0.382 e. The fourth-order valence-corrected chi connectivity index (χ4v) is 4.24. The summed E-state index contributed by atoms with van der Waals surface area (Å²) in [6, 6.07) is 12.6. The highest BCUT2D eigenvalue weighted by atomic mass is 32.2. The Hall–Kier alpha value is -2.42. The van der Waals surface area contributed by atoms with Gasteiger partial charge in [0.1, 0.15) is 0 Å². The second-order valence-corrected chi connectivity index (χ2v) is 7.32. The van der Waals surface area contributed by atoms with Crippen LogP contribution in [0.2, 0.25) is 0 Å². The van der Waals surface area contributed by atoms with Gasteiger partial charge in [-0.15, -0.1) is 11.3 Å². The van der Waals surface area contributed by atoms with E-state index in [1.165, 1.54) is 6.07 Å². The van der Waals surface area contributed by atoms with E-state index in [9.17, 15) is 8.42 Å². The Morgan fingerprint density at radius 1 is 1.04 bits per heavy atom. The van der Waals surface area contributed by atoms with Crippen LogP contribution in [-0.4, -0.2) is 14.3 Å². The van der Waals surface area contributed by atoms with Crippen LogP contribution in [0.1, 0.15) is 5.56 Å². The maximum absolute atomic E-state index is 11.9. The number of thiophene rings is 1. The number of primary sulfonamides is 1. The second kappa shape index (κ2) is 5.65. The number of hydrazone groups is 1. The molecule has 6 N–H and O–H groups in total. The molecule has 3 rings (SSSR count). The molecule has 2 aromatic carbocycles. The van der Waals surface area contributed by atoms with Crippen LogP contribution in [0.25, 0.3) is 21.2 Å². The first-order chi connectivity index (χ1) is 10.9. The molecule has 1 aromatic heterocycles. The lowest BCUT2D eigenvalue weighted by molar-refractivity contribution is 0.597. The Morgan fingerprint density at radius 2 is 1.78 bits per heavy atom. The van der Waals surface area contributed by atoms with Gasteiger partial charge in [-0.25, -0.2) is 13.6 Å². The summed E-state index contributed by atoms with van der Waals surface area (Å²) in [6.07, 6.45) is 0. The molecular weight excluding hydrogens is 332 g/mol. The molecule has 0 unspecified atom stereocenters. The number of nitrogens with two attached hydrogens (primary N) is 3. The molecule has 0 radical (unpaired) electrons. The summed E-state index contributed by atoms with van der Waals surface area (Å²) in [6.45, 7) is 0. The van der Waals surface area contributed by atoms with Crippen LogP contribution in [0.4, 0.5) is 0 Å². The van der Waals surface area contributed by atoms with E-state index >= 15 is 0 Å². The number of nitrogens with zero attached hydrogens (tertiary/aromatic N) is 1. The molecule has 0 aliphatic rings. The standard InChI is InChI=1S/C15H14N4O2S2/c16-15(19-17)14-10(5-3-7-13(14)23(18,20)21)11-8-22-12-6-2-1-4-9(11)12/h1-8H,17H2,(H2,16,19)(H2,18,20,21). The monoisotopic (exact) mass is 346 g/mol. The summed E-state index contributed by atoms with van der Waals surface area (Å²) in [5, 5.41) is 11.7. The number of hydrogen-bond donors (Lipinski definition) is 3. The van der Waals surface area contributed by atoms with Gasteiger partial charge in [-0.05, 0) is 23.1 Å². The van der Waals surface area contributed by atoms with Crippen LogP contribution in [0.15, 0.2) is 57.8 Å². The molecular formula is C15H14N4O2S2. The van der Waals surface area contributed by atoms with Crippen molar-refractivity contribution in [2.45, 2.75) is 4.90 Å². The second-order valence-electron chi connectivity index (χ2n) is 4.88. The number of fused-ring (bicyclic) bond motifs is 1. The molecule has 23 heavy (non-hydrogen) atoms. The van der Waals surface area contributed by atoms with Crippen molar-refractivity contribution in [1.82, 2.24) is 0 Å². The number of sulfonamides is 1. The van der Waals surface area contributed by atoms with Crippen molar-refractivity contribution >= 4 is 37.3 Å². The quantitative estimate of drug-likeness (QED) is 0.289. The van der Waals surface area contributed by atoms with Gasteiger partial charge < -0.3 is 11.6 Å². The number of amidine groups is 1. The van der Waals surface area contributed by atoms with Crippen molar-refractivity contribution in [2.75, 3.05) is 0 Å². The van der Waals surface area contributed by atoms with Crippen molar-refractivity contribution < 1.29 is 8.42 Å². The predicted molar refractivity (Wildman–Crippen MR) is 93.5 cm³/mol. The van der Waals surface area contributed by atoms with Gasteiger partial charge in [0.05, 0.1) is 4.90 Å². The maximum atomic E-state index is 11.9. The maximum Gasteiger partial charge on any atom is 0.238 e. The summed E-state index contributed by atoms with van der Waals surface area (Å²) in [4.78, 5) is -0.100. The van der Waals surface area contributed by atoms with Crippen molar-refractivity contribution in [3.8, 4) is 11.1 Å². The SMILES string of the molecule is N/N=C(\N)c1c(-c2csc3ccccc23)cccc1S(N)(=O)=O. The number of rotatable bonds is 3. The molecule has 1 heterocycles. The average molecular weight is 346 g/mol. The lowest BCUT2D eigenvalue weighted by Gasteiger charge is -2.12. The van der Waals surface area contributed by atoms with E-state index in [2.05, 4.69) is 5.10 Å². The molecule has 0 amide bonds. The molecule has 0 aliphatic heterocycles. The van der Waals surface area contributed by atoms with Gasteiger partial charge in [0, 0.05) is 21.2 Å². The average Bonchev–Trinajstić information content (AvgIpc) is 2.96. The summed E-state index contributed by atoms with van der Waals surface area (Å²) in [5.74, 6) is 5.20. The van der Waals surface area contributed by atoms with E-state index in [1.807, 2.05) is 29.6 Å². The molecule has 0 saturated carbocycles. The smallest absolute Gasteiger partial charge is 0.238 e. The highest BCUT2D eigenvalue weighted by Crippen LogP contribution is 2.37. The lowest BCUT2D eigenvalue weighted by Crippen LogP contribution is -2.23. The first-order valence-corrected chi connectivity index (χ1v) is 9.02. The van der Waals surface area contributed by atoms with Crippen molar-refractivity contribution in [1.29, 1.82) is 0 Å². The van der Waals surface area contributed by atoms with E-state index in [0.29, 0.717) is 5.56 Å². The fraction of sp³-hybridized carbons (Fsp3) is 0. The Balaban J connectivity index is 2.41. The van der Waals surface area contributed by atoms with Crippen LogP contribution < -0.4 is 16.7 Å². The molecule has 118 valence electrons. The lowest BCUT2D eigenvalue weighted by atomic mass is 9.98. The van der Waals surface area contributed by atoms with Gasteiger partial charge in [-0.3, -0.25) is 0 Å². The van der Waals surface area contributed by atoms with Gasteiger partial charge in [-0.2, -0.15) is 5.10 Å². The summed E-state index contributed by atoms with van der Waals surface area (Å²) in [7, 11) is -3.97. The Labute approximate surface area is 137 Å². The van der Waals surface area contributed by atoms with Gasteiger partial charge in [0.15, 0.2) is 5.84 Å². The van der Waals surface area contributed by atoms with E-state index in [4.69, 9.17) is 16.7 Å². The molecule has 0 bridgehead atoms. The highest BCUT2D eigenvalue weighted by molar-refractivity contribution is 7.89. The topological polar surface area (TPSA) is 125 Å². The zero-order chi connectivity index (χ0) is 16.6. The van der Waals surface area contributed by atoms with Gasteiger partial charge >= 0.3 is 0 Å². The molecule has 3 aromatic rings. The van der Waals surface area contributed by atoms with Crippen LogP contribution in [0, 0.1) is 0 Å². The summed E-state index contributed by atoms with van der Waals surface area (Å²) >= 11 is 1.56. The zero-order valence-electron chi connectivity index (χ0n) is 11.9. The highest BCUT2D eigenvalue weighted by Gasteiger charge is 2.22. The van der Waals surface area contributed by atoms with Crippen molar-refractivity contribution in [3.63, 3.8) is 0 Å². The predicted octanol–water partition coefficient (Wildman–Crippen LogP) is 1.79. The van der Waals surface area contributed by atoms with Gasteiger partial charge in [0.2, 0.25) is 10.0 Å². The van der Waals surface area contributed by atoms with E-state index in [0.717, 1.165) is 15.6 Å².